The van der Waals surface area contributed by atoms with E-state index in [-0.39, 0.29) is 5.41 Å². The van der Waals surface area contributed by atoms with Crippen LogP contribution in [-0.4, -0.2) is 15.0 Å². The molecule has 6 heteroatoms. The van der Waals surface area contributed by atoms with E-state index < -0.39 is 0 Å². The van der Waals surface area contributed by atoms with E-state index in [0.29, 0.717) is 17.5 Å². The zero-order chi connectivity index (χ0) is 43.7. The molecule has 0 saturated heterocycles. The largest absolute Gasteiger partial charge is 0.456 e. The first-order valence-corrected chi connectivity index (χ1v) is 22.3. The maximum atomic E-state index is 6.59. The SMILES string of the molecule is CC1(C)c2ccccc2-c2cccc(-c3ccc(-c4ccc5oc6cccc(-c7nc(-c8cccc9c8oc8ccccc89)nc(-c8cccc9oc%10ccccc%10c89)n7)c6c5c4)cc3)c21. The highest BCUT2D eigenvalue weighted by molar-refractivity contribution is 6.14. The van der Waals surface area contributed by atoms with Gasteiger partial charge in [0.25, 0.3) is 0 Å². The second-order valence-corrected chi connectivity index (χ2v) is 17.8. The quantitative estimate of drug-likeness (QED) is 0.172. The zero-order valence-corrected chi connectivity index (χ0v) is 36.0. The van der Waals surface area contributed by atoms with Crippen molar-refractivity contribution in [3.8, 4) is 67.5 Å². The number of nitrogens with zero attached hydrogens (tertiary/aromatic N) is 3. The first-order chi connectivity index (χ1) is 32.5. The van der Waals surface area contributed by atoms with Crippen molar-refractivity contribution in [2.45, 2.75) is 19.3 Å². The van der Waals surface area contributed by atoms with Gasteiger partial charge in [0, 0.05) is 48.9 Å². The Balaban J connectivity index is 0.937. The van der Waals surface area contributed by atoms with Gasteiger partial charge in [0.05, 0.1) is 5.56 Å². The van der Waals surface area contributed by atoms with Crippen LogP contribution in [0, 0.1) is 0 Å². The number of benzene rings is 9. The molecule has 0 bridgehead atoms. The van der Waals surface area contributed by atoms with Gasteiger partial charge in [-0.25, -0.2) is 15.0 Å². The van der Waals surface area contributed by atoms with E-state index in [1.807, 2.05) is 72.8 Å². The summed E-state index contributed by atoms with van der Waals surface area (Å²) in [5.74, 6) is 1.56. The lowest BCUT2D eigenvalue weighted by Crippen LogP contribution is -2.16. The zero-order valence-electron chi connectivity index (χ0n) is 36.0. The molecule has 0 unspecified atom stereocenters. The molecule has 1 aliphatic carbocycles. The van der Waals surface area contributed by atoms with Crippen LogP contribution in [-0.2, 0) is 5.41 Å². The Morgan fingerprint density at radius 1 is 0.333 bits per heavy atom. The highest BCUT2D eigenvalue weighted by Gasteiger charge is 2.37. The van der Waals surface area contributed by atoms with Crippen LogP contribution in [0.4, 0.5) is 0 Å². The van der Waals surface area contributed by atoms with Gasteiger partial charge in [-0.1, -0.05) is 159 Å². The second-order valence-electron chi connectivity index (χ2n) is 17.8. The maximum Gasteiger partial charge on any atom is 0.167 e. The summed E-state index contributed by atoms with van der Waals surface area (Å²) >= 11 is 0. The van der Waals surface area contributed by atoms with Gasteiger partial charge in [0.15, 0.2) is 17.5 Å². The summed E-state index contributed by atoms with van der Waals surface area (Å²) < 4.78 is 19.5. The molecule has 1 aliphatic rings. The van der Waals surface area contributed by atoms with Crippen LogP contribution in [0.3, 0.4) is 0 Å². The van der Waals surface area contributed by atoms with E-state index in [9.17, 15) is 0 Å². The summed E-state index contributed by atoms with van der Waals surface area (Å²) in [6.07, 6.45) is 0. The van der Waals surface area contributed by atoms with Crippen molar-refractivity contribution in [2.24, 2.45) is 0 Å². The minimum Gasteiger partial charge on any atom is -0.456 e. The Morgan fingerprint density at radius 2 is 0.818 bits per heavy atom. The fraction of sp³-hybridized carbons (Fsp3) is 0.0500. The molecule has 6 nitrogen and oxygen atoms in total. The molecular weight excluding hydrogens is 811 g/mol. The Bertz CT molecular complexity index is 4150. The Kier molecular flexibility index (Phi) is 7.64. The number of hydrogen-bond donors (Lipinski definition) is 0. The first kappa shape index (κ1) is 36.8. The van der Waals surface area contributed by atoms with Gasteiger partial charge in [-0.2, -0.15) is 0 Å². The molecular formula is C60H37N3O3. The molecule has 9 aromatic carbocycles. The van der Waals surface area contributed by atoms with Crippen LogP contribution in [0.5, 0.6) is 0 Å². The van der Waals surface area contributed by atoms with Crippen molar-refractivity contribution in [3.63, 3.8) is 0 Å². The van der Waals surface area contributed by atoms with E-state index in [1.54, 1.807) is 0 Å². The summed E-state index contributed by atoms with van der Waals surface area (Å²) in [4.78, 5) is 15.9. The van der Waals surface area contributed by atoms with Crippen LogP contribution in [0.15, 0.2) is 201 Å². The number of fused-ring (bicyclic) bond motifs is 12. The van der Waals surface area contributed by atoms with E-state index in [1.165, 1.54) is 33.4 Å². The number of rotatable bonds is 5. The van der Waals surface area contributed by atoms with E-state index in [2.05, 4.69) is 129 Å². The molecule has 0 amide bonds. The predicted molar refractivity (Wildman–Crippen MR) is 266 cm³/mol. The van der Waals surface area contributed by atoms with Crippen LogP contribution in [0.25, 0.3) is 133 Å². The van der Waals surface area contributed by atoms with Gasteiger partial charge < -0.3 is 13.3 Å². The summed E-state index contributed by atoms with van der Waals surface area (Å²) in [5.41, 5.74) is 17.1. The molecule has 0 fully saturated rings. The normalized spacial score (nSPS) is 13.1. The highest BCUT2D eigenvalue weighted by atomic mass is 16.3. The molecule has 66 heavy (non-hydrogen) atoms. The average molecular weight is 848 g/mol. The molecule has 0 saturated carbocycles. The van der Waals surface area contributed by atoms with Crippen LogP contribution >= 0.6 is 0 Å². The van der Waals surface area contributed by atoms with Crippen LogP contribution in [0.1, 0.15) is 25.0 Å². The number of para-hydroxylation sites is 3. The lowest BCUT2D eigenvalue weighted by Gasteiger charge is -2.24. The molecule has 13 aromatic rings. The average Bonchev–Trinajstić information content (AvgIpc) is 4.12. The second kappa shape index (κ2) is 13.7. The van der Waals surface area contributed by atoms with Gasteiger partial charge in [-0.05, 0) is 87.0 Å². The van der Waals surface area contributed by atoms with Crippen molar-refractivity contribution in [1.29, 1.82) is 0 Å². The van der Waals surface area contributed by atoms with Gasteiger partial charge in [0.2, 0.25) is 0 Å². The molecule has 0 radical (unpaired) electrons. The molecule has 310 valence electrons. The third kappa shape index (κ3) is 5.33. The van der Waals surface area contributed by atoms with Crippen molar-refractivity contribution in [2.75, 3.05) is 0 Å². The van der Waals surface area contributed by atoms with Gasteiger partial charge in [-0.3, -0.25) is 0 Å². The van der Waals surface area contributed by atoms with Crippen molar-refractivity contribution in [1.82, 2.24) is 15.0 Å². The van der Waals surface area contributed by atoms with E-state index >= 15 is 0 Å². The molecule has 0 spiro atoms. The molecule has 14 rings (SSSR count). The Labute approximate surface area is 378 Å². The van der Waals surface area contributed by atoms with E-state index in [4.69, 9.17) is 28.2 Å². The third-order valence-corrected chi connectivity index (χ3v) is 13.8. The summed E-state index contributed by atoms with van der Waals surface area (Å²) in [6, 6.07) is 65.5. The Morgan fingerprint density at radius 3 is 1.58 bits per heavy atom. The molecule has 0 N–H and O–H groups in total. The molecule has 0 aliphatic heterocycles. The smallest absolute Gasteiger partial charge is 0.167 e. The predicted octanol–water partition coefficient (Wildman–Crippen LogP) is 16.2. The monoisotopic (exact) mass is 847 g/mol. The summed E-state index contributed by atoms with van der Waals surface area (Å²) in [5, 5.41) is 5.90. The van der Waals surface area contributed by atoms with E-state index in [0.717, 1.165) is 93.6 Å². The standard InChI is InChI=1S/C60H37N3O3/c1-60(2)47-22-6-3-13-38(47)40-17-9-16-37(55(40)60)35-29-27-34(28-30-35)36-31-32-50-46(33-36)54-44(20-12-26-52(54)65-50)58-61-57(43-19-11-25-51-53(43)42-15-5-8-24-49(42)64-51)62-59(63-58)45-21-10-18-41-39-14-4-7-23-48(39)66-56(41)45/h3-33H,1-2H3. The van der Waals surface area contributed by atoms with Crippen molar-refractivity contribution < 1.29 is 13.3 Å². The first-order valence-electron chi connectivity index (χ1n) is 22.3. The minimum absolute atomic E-state index is 0.103. The topological polar surface area (TPSA) is 78.1 Å². The lowest BCUT2D eigenvalue weighted by atomic mass is 9.79. The number of hydrogen-bond acceptors (Lipinski definition) is 6. The van der Waals surface area contributed by atoms with Crippen LogP contribution < -0.4 is 0 Å². The van der Waals surface area contributed by atoms with Gasteiger partial charge in [0.1, 0.15) is 33.5 Å². The van der Waals surface area contributed by atoms with Crippen molar-refractivity contribution in [3.05, 3.63) is 199 Å². The fourth-order valence-electron chi connectivity index (χ4n) is 10.7. The third-order valence-electron chi connectivity index (χ3n) is 13.8. The number of aromatic nitrogens is 3. The van der Waals surface area contributed by atoms with Gasteiger partial charge in [-0.15, -0.1) is 0 Å². The number of furan rings is 3. The minimum atomic E-state index is -0.103. The van der Waals surface area contributed by atoms with Crippen LogP contribution in [0.2, 0.25) is 0 Å². The molecule has 4 aromatic heterocycles. The molecule has 4 heterocycles. The highest BCUT2D eigenvalue weighted by Crippen LogP contribution is 2.52. The van der Waals surface area contributed by atoms with Crippen molar-refractivity contribution >= 4 is 65.8 Å². The lowest BCUT2D eigenvalue weighted by molar-refractivity contribution is 0.662. The fourth-order valence-corrected chi connectivity index (χ4v) is 10.7. The maximum absolute atomic E-state index is 6.59. The van der Waals surface area contributed by atoms with Gasteiger partial charge >= 0.3 is 0 Å². The molecule has 0 atom stereocenters. The Hall–Kier alpha value is -8.61. The summed E-state index contributed by atoms with van der Waals surface area (Å²) in [7, 11) is 0. The summed E-state index contributed by atoms with van der Waals surface area (Å²) in [6.45, 7) is 4.69.